The zero-order chi connectivity index (χ0) is 6.97. The fourth-order valence-corrected chi connectivity index (χ4v) is 1.60. The summed E-state index contributed by atoms with van der Waals surface area (Å²) in [5, 5.41) is 0. The maximum Gasteiger partial charge on any atom is 0.0995 e. The zero-order valence-corrected chi connectivity index (χ0v) is 6.35. The van der Waals surface area contributed by atoms with E-state index in [4.69, 9.17) is 0 Å². The second-order valence-corrected chi connectivity index (χ2v) is 3.03. The van der Waals surface area contributed by atoms with Gasteiger partial charge in [-0.1, -0.05) is 0 Å². The molecule has 2 heterocycles. The van der Waals surface area contributed by atoms with E-state index in [1.807, 2.05) is 18.5 Å². The maximum atomic E-state index is 4.12. The molecule has 0 spiro atoms. The van der Waals surface area contributed by atoms with Gasteiger partial charge in [0, 0.05) is 5.69 Å². The minimum atomic E-state index is 0.996. The van der Waals surface area contributed by atoms with Crippen LogP contribution in [0.5, 0.6) is 0 Å². The van der Waals surface area contributed by atoms with Gasteiger partial charge in [0.25, 0.3) is 0 Å². The van der Waals surface area contributed by atoms with Gasteiger partial charge >= 0.3 is 0 Å². The van der Waals surface area contributed by atoms with Gasteiger partial charge < -0.3 is 0 Å². The number of thiazole rings is 1. The second kappa shape index (κ2) is 2.02. The summed E-state index contributed by atoms with van der Waals surface area (Å²) in [6.07, 6.45) is 1.81. The number of fused-ring (bicyclic) bond motifs is 1. The van der Waals surface area contributed by atoms with Gasteiger partial charge in [-0.15, -0.1) is 11.3 Å². The van der Waals surface area contributed by atoms with Gasteiger partial charge in [-0.05, 0) is 13.0 Å². The first-order valence-electron chi connectivity index (χ1n) is 3.02. The Kier molecular flexibility index (Phi) is 1.17. The van der Waals surface area contributed by atoms with Gasteiger partial charge in [-0.25, -0.2) is 4.98 Å². The number of pyridine rings is 1. The van der Waals surface area contributed by atoms with E-state index >= 15 is 0 Å². The molecule has 3 heteroatoms. The number of hydrogen-bond acceptors (Lipinski definition) is 3. The fourth-order valence-electron chi connectivity index (χ4n) is 0.859. The third-order valence-corrected chi connectivity index (χ3v) is 2.15. The molecule has 2 rings (SSSR count). The highest BCUT2D eigenvalue weighted by atomic mass is 32.1. The van der Waals surface area contributed by atoms with Crippen molar-refractivity contribution in [2.75, 3.05) is 0 Å². The first-order valence-corrected chi connectivity index (χ1v) is 3.90. The van der Waals surface area contributed by atoms with Gasteiger partial charge in [0.05, 0.1) is 21.9 Å². The Hall–Kier alpha value is -0.960. The number of nitrogens with zero attached hydrogens (tertiary/aromatic N) is 2. The Morgan fingerprint density at radius 3 is 3.20 bits per heavy atom. The monoisotopic (exact) mass is 150 g/mol. The molecule has 0 atom stereocenters. The van der Waals surface area contributed by atoms with Crippen molar-refractivity contribution in [3.63, 3.8) is 0 Å². The minimum Gasteiger partial charge on any atom is -0.259 e. The van der Waals surface area contributed by atoms with Crippen LogP contribution in [-0.2, 0) is 0 Å². The number of aryl methyl sites for hydroxylation is 1. The van der Waals surface area contributed by atoms with Crippen LogP contribution in [0, 0.1) is 6.92 Å². The van der Waals surface area contributed by atoms with E-state index in [1.165, 1.54) is 4.70 Å². The quantitative estimate of drug-likeness (QED) is 0.574. The van der Waals surface area contributed by atoms with Gasteiger partial charge in [0.15, 0.2) is 0 Å². The highest BCUT2D eigenvalue weighted by molar-refractivity contribution is 7.16. The third kappa shape index (κ3) is 0.789. The summed E-state index contributed by atoms with van der Waals surface area (Å²) in [5.74, 6) is 0. The molecule has 0 aliphatic heterocycles. The van der Waals surface area contributed by atoms with E-state index < -0.39 is 0 Å². The molecule has 50 valence electrons. The minimum absolute atomic E-state index is 0.996. The van der Waals surface area contributed by atoms with Gasteiger partial charge in [0.2, 0.25) is 0 Å². The molecule has 2 aromatic rings. The van der Waals surface area contributed by atoms with Crippen LogP contribution in [0.15, 0.2) is 17.8 Å². The van der Waals surface area contributed by atoms with E-state index in [0.717, 1.165) is 11.2 Å². The highest BCUT2D eigenvalue weighted by Crippen LogP contribution is 2.16. The van der Waals surface area contributed by atoms with Crippen molar-refractivity contribution in [3.05, 3.63) is 23.5 Å². The van der Waals surface area contributed by atoms with Crippen LogP contribution >= 0.6 is 11.3 Å². The molecule has 10 heavy (non-hydrogen) atoms. The van der Waals surface area contributed by atoms with Gasteiger partial charge in [-0.2, -0.15) is 0 Å². The number of rotatable bonds is 0. The standard InChI is InChI=1S/C7H6N2S/c1-5-2-7-6(3-8-5)9-4-10-7/h2-4H,1H3. The molecule has 0 aliphatic rings. The van der Waals surface area contributed by atoms with Crippen LogP contribution in [0.1, 0.15) is 5.69 Å². The number of aromatic nitrogens is 2. The van der Waals surface area contributed by atoms with Crippen LogP contribution in [0.2, 0.25) is 0 Å². The van der Waals surface area contributed by atoms with Crippen molar-refractivity contribution in [2.24, 2.45) is 0 Å². The van der Waals surface area contributed by atoms with Crippen molar-refractivity contribution in [3.8, 4) is 0 Å². The molecule has 0 aliphatic carbocycles. The van der Waals surface area contributed by atoms with E-state index in [-0.39, 0.29) is 0 Å². The van der Waals surface area contributed by atoms with E-state index in [9.17, 15) is 0 Å². The molecular formula is C7H6N2S. The normalized spacial score (nSPS) is 10.5. The van der Waals surface area contributed by atoms with Crippen molar-refractivity contribution >= 4 is 21.6 Å². The summed E-state index contributed by atoms with van der Waals surface area (Å²) in [7, 11) is 0. The summed E-state index contributed by atoms with van der Waals surface area (Å²) in [6.45, 7) is 1.99. The fraction of sp³-hybridized carbons (Fsp3) is 0.143. The molecule has 0 fully saturated rings. The van der Waals surface area contributed by atoms with Crippen molar-refractivity contribution in [1.82, 2.24) is 9.97 Å². The molecule has 0 saturated heterocycles. The summed E-state index contributed by atoms with van der Waals surface area (Å²) in [5.41, 5.74) is 3.89. The molecule has 2 nitrogen and oxygen atoms in total. The Morgan fingerprint density at radius 2 is 2.30 bits per heavy atom. The molecule has 0 N–H and O–H groups in total. The lowest BCUT2D eigenvalue weighted by molar-refractivity contribution is 1.22. The van der Waals surface area contributed by atoms with Crippen LogP contribution < -0.4 is 0 Å². The van der Waals surface area contributed by atoms with E-state index in [1.54, 1.807) is 17.5 Å². The van der Waals surface area contributed by atoms with Crippen molar-refractivity contribution < 1.29 is 0 Å². The van der Waals surface area contributed by atoms with Gasteiger partial charge in [0.1, 0.15) is 0 Å². The largest absolute Gasteiger partial charge is 0.259 e. The van der Waals surface area contributed by atoms with Gasteiger partial charge in [-0.3, -0.25) is 4.98 Å². The molecule has 0 radical (unpaired) electrons. The Balaban J connectivity index is 2.86. The van der Waals surface area contributed by atoms with Crippen LogP contribution in [0.25, 0.3) is 10.2 Å². The molecular weight excluding hydrogens is 144 g/mol. The predicted octanol–water partition coefficient (Wildman–Crippen LogP) is 2.00. The van der Waals surface area contributed by atoms with Crippen LogP contribution in [-0.4, -0.2) is 9.97 Å². The molecule has 0 bridgehead atoms. The molecule has 2 aromatic heterocycles. The average Bonchev–Trinajstić information content (AvgIpc) is 2.33. The summed E-state index contributed by atoms with van der Waals surface area (Å²) < 4.78 is 1.22. The van der Waals surface area contributed by atoms with Crippen molar-refractivity contribution in [1.29, 1.82) is 0 Å². The first kappa shape index (κ1) is 5.80. The Bertz CT molecular complexity index is 353. The zero-order valence-electron chi connectivity index (χ0n) is 5.53. The Labute approximate surface area is 62.6 Å². The lowest BCUT2D eigenvalue weighted by Gasteiger charge is -1.87. The summed E-state index contributed by atoms with van der Waals surface area (Å²) in [4.78, 5) is 8.24. The lowest BCUT2D eigenvalue weighted by atomic mass is 10.4. The van der Waals surface area contributed by atoms with Crippen LogP contribution in [0.3, 0.4) is 0 Å². The number of hydrogen-bond donors (Lipinski definition) is 0. The third-order valence-electron chi connectivity index (χ3n) is 1.35. The van der Waals surface area contributed by atoms with Crippen LogP contribution in [0.4, 0.5) is 0 Å². The average molecular weight is 150 g/mol. The summed E-state index contributed by atoms with van der Waals surface area (Å²) >= 11 is 1.65. The predicted molar refractivity (Wildman–Crippen MR) is 42.2 cm³/mol. The lowest BCUT2D eigenvalue weighted by Crippen LogP contribution is -1.76. The first-order chi connectivity index (χ1) is 4.86. The SMILES string of the molecule is Cc1cc2scnc2cn1. The van der Waals surface area contributed by atoms with Crippen molar-refractivity contribution in [2.45, 2.75) is 6.92 Å². The molecule has 0 amide bonds. The molecule has 0 saturated carbocycles. The Morgan fingerprint density at radius 1 is 1.40 bits per heavy atom. The highest BCUT2D eigenvalue weighted by Gasteiger charge is 1.94. The molecule has 0 unspecified atom stereocenters. The molecule has 0 aromatic carbocycles. The topological polar surface area (TPSA) is 25.8 Å². The summed E-state index contributed by atoms with van der Waals surface area (Å²) in [6, 6.07) is 2.05. The van der Waals surface area contributed by atoms with E-state index in [0.29, 0.717) is 0 Å². The maximum absolute atomic E-state index is 4.12. The second-order valence-electron chi connectivity index (χ2n) is 2.15. The van der Waals surface area contributed by atoms with E-state index in [2.05, 4.69) is 9.97 Å². The smallest absolute Gasteiger partial charge is 0.0995 e.